The fourth-order valence-corrected chi connectivity index (χ4v) is 4.25. The van der Waals surface area contributed by atoms with E-state index in [0.29, 0.717) is 18.9 Å². The lowest BCUT2D eigenvalue weighted by atomic mass is 9.83. The first-order valence-corrected chi connectivity index (χ1v) is 9.99. The van der Waals surface area contributed by atoms with Gasteiger partial charge in [-0.1, -0.05) is 23.2 Å². The molecule has 0 bridgehead atoms. The quantitative estimate of drug-likeness (QED) is 0.403. The number of fused-ring (bicyclic) bond motifs is 1. The predicted molar refractivity (Wildman–Crippen MR) is 114 cm³/mol. The zero-order valence-electron chi connectivity index (χ0n) is 15.7. The summed E-state index contributed by atoms with van der Waals surface area (Å²) in [7, 11) is 0. The van der Waals surface area contributed by atoms with Gasteiger partial charge in [-0.3, -0.25) is 14.5 Å². The van der Waals surface area contributed by atoms with Crippen molar-refractivity contribution in [2.45, 2.75) is 5.54 Å². The maximum atomic E-state index is 14.8. The molecule has 1 aliphatic rings. The van der Waals surface area contributed by atoms with Gasteiger partial charge in [0.05, 0.1) is 27.2 Å². The van der Waals surface area contributed by atoms with Gasteiger partial charge in [0.15, 0.2) is 5.82 Å². The molecule has 2 aromatic heterocycles. The van der Waals surface area contributed by atoms with Crippen LogP contribution in [0.3, 0.4) is 0 Å². The van der Waals surface area contributed by atoms with Crippen LogP contribution in [-0.4, -0.2) is 32.8 Å². The lowest BCUT2D eigenvalue weighted by molar-refractivity contribution is 0.307. The summed E-state index contributed by atoms with van der Waals surface area (Å²) in [6.45, 7) is 0.657. The molecule has 0 aliphatic carbocycles. The molecule has 158 valence electrons. The summed E-state index contributed by atoms with van der Waals surface area (Å²) in [5.74, 6) is -0.826. The third kappa shape index (κ3) is 3.16. The number of H-pyrrole nitrogens is 1. The molecule has 1 fully saturated rings. The maximum Gasteiger partial charge on any atom is 0.267 e. The van der Waals surface area contributed by atoms with Crippen LogP contribution in [0.15, 0.2) is 47.7 Å². The minimum atomic E-state index is -0.962. The zero-order valence-corrected chi connectivity index (χ0v) is 17.2. The largest absolute Gasteiger partial charge is 0.373 e. The van der Waals surface area contributed by atoms with Gasteiger partial charge in [-0.2, -0.15) is 5.10 Å². The smallest absolute Gasteiger partial charge is 0.267 e. The third-order valence-electron chi connectivity index (χ3n) is 5.32. The number of aromatic nitrogens is 4. The monoisotopic (exact) mass is 462 g/mol. The first-order valence-electron chi connectivity index (χ1n) is 9.23. The number of halogens is 4. The van der Waals surface area contributed by atoms with E-state index in [1.807, 2.05) is 0 Å². The first kappa shape index (κ1) is 19.9. The number of hydrogen-bond donors (Lipinski definition) is 3. The van der Waals surface area contributed by atoms with Gasteiger partial charge < -0.3 is 10.6 Å². The molecule has 4 aromatic rings. The average Bonchev–Trinajstić information content (AvgIpc) is 3.24. The topological polar surface area (TPSA) is 87.6 Å². The van der Waals surface area contributed by atoms with Crippen LogP contribution < -0.4 is 16.2 Å². The van der Waals surface area contributed by atoms with E-state index >= 15 is 0 Å². The standard InChI is InChI=1S/C20H14Cl2F2N6O/c21-12-1-2-13(23)16(17(12)22)20(7-25-8-20)28-10-5-11-18(14(24)6-10)26-9-30(19(11)31)15-3-4-27-29-15/h1-6,9,25,28H,7-8H2,(H,27,29). The molecular weight excluding hydrogens is 449 g/mol. The normalized spacial score (nSPS) is 15.1. The molecule has 1 aliphatic heterocycles. The fraction of sp³-hybridized carbons (Fsp3) is 0.150. The van der Waals surface area contributed by atoms with E-state index in [9.17, 15) is 13.6 Å². The van der Waals surface area contributed by atoms with Crippen molar-refractivity contribution in [3.63, 3.8) is 0 Å². The van der Waals surface area contributed by atoms with E-state index in [1.165, 1.54) is 41.4 Å². The van der Waals surface area contributed by atoms with Gasteiger partial charge in [0.1, 0.15) is 23.5 Å². The molecule has 0 atom stereocenters. The maximum absolute atomic E-state index is 14.8. The Morgan fingerprint density at radius 1 is 1.13 bits per heavy atom. The van der Waals surface area contributed by atoms with Gasteiger partial charge in [-0.15, -0.1) is 0 Å². The van der Waals surface area contributed by atoms with E-state index in [-0.39, 0.29) is 32.2 Å². The van der Waals surface area contributed by atoms with Gasteiger partial charge in [0.25, 0.3) is 5.56 Å². The van der Waals surface area contributed by atoms with Gasteiger partial charge in [-0.05, 0) is 24.3 Å². The Morgan fingerprint density at radius 3 is 2.61 bits per heavy atom. The molecule has 5 rings (SSSR count). The number of rotatable bonds is 4. The fourth-order valence-electron chi connectivity index (χ4n) is 3.76. The summed E-state index contributed by atoms with van der Waals surface area (Å²) in [4.78, 5) is 17.0. The second-order valence-electron chi connectivity index (χ2n) is 7.24. The van der Waals surface area contributed by atoms with Gasteiger partial charge >= 0.3 is 0 Å². The van der Waals surface area contributed by atoms with Crippen LogP contribution in [0, 0.1) is 11.6 Å². The predicted octanol–water partition coefficient (Wildman–Crippen LogP) is 3.60. The van der Waals surface area contributed by atoms with E-state index in [1.54, 1.807) is 6.07 Å². The van der Waals surface area contributed by atoms with Crippen molar-refractivity contribution >= 4 is 39.8 Å². The summed E-state index contributed by atoms with van der Waals surface area (Å²) >= 11 is 12.4. The average molecular weight is 463 g/mol. The minimum Gasteiger partial charge on any atom is -0.373 e. The van der Waals surface area contributed by atoms with E-state index in [4.69, 9.17) is 23.2 Å². The Bertz CT molecular complexity index is 1370. The highest BCUT2D eigenvalue weighted by Crippen LogP contribution is 2.40. The lowest BCUT2D eigenvalue weighted by Gasteiger charge is -2.45. The molecule has 2 aromatic carbocycles. The molecule has 3 N–H and O–H groups in total. The summed E-state index contributed by atoms with van der Waals surface area (Å²) in [6.07, 6.45) is 2.72. The van der Waals surface area contributed by atoms with Crippen molar-refractivity contribution < 1.29 is 8.78 Å². The number of nitrogens with one attached hydrogen (secondary N) is 3. The van der Waals surface area contributed by atoms with Crippen LogP contribution in [0.5, 0.6) is 0 Å². The Labute approximate surface area is 184 Å². The molecule has 3 heterocycles. The highest BCUT2D eigenvalue weighted by atomic mass is 35.5. The van der Waals surface area contributed by atoms with Crippen LogP contribution in [-0.2, 0) is 5.54 Å². The summed E-state index contributed by atoms with van der Waals surface area (Å²) < 4.78 is 30.7. The highest BCUT2D eigenvalue weighted by molar-refractivity contribution is 6.42. The first-order chi connectivity index (χ1) is 14.9. The summed E-state index contributed by atoms with van der Waals surface area (Å²) in [5.41, 5.74) is -1.05. The molecule has 0 spiro atoms. The Hall–Kier alpha value is -3.01. The number of benzene rings is 2. The van der Waals surface area contributed by atoms with Crippen LogP contribution in [0.2, 0.25) is 10.0 Å². The Morgan fingerprint density at radius 2 is 1.94 bits per heavy atom. The van der Waals surface area contributed by atoms with E-state index < -0.39 is 22.7 Å². The van der Waals surface area contributed by atoms with E-state index in [0.717, 1.165) is 0 Å². The Kier molecular flexibility index (Phi) is 4.69. The van der Waals surface area contributed by atoms with Crippen molar-refractivity contribution in [2.24, 2.45) is 0 Å². The highest BCUT2D eigenvalue weighted by Gasteiger charge is 2.43. The molecule has 11 heteroatoms. The minimum absolute atomic E-state index is 0.0553. The molecule has 0 radical (unpaired) electrons. The SMILES string of the molecule is O=c1c2cc(NC3(c4c(F)ccc(Cl)c4Cl)CNC3)cc(F)c2ncn1-c1ccn[nH]1. The van der Waals surface area contributed by atoms with Crippen LogP contribution >= 0.6 is 23.2 Å². The molecule has 0 saturated carbocycles. The van der Waals surface area contributed by atoms with Crippen molar-refractivity contribution in [1.82, 2.24) is 25.1 Å². The van der Waals surface area contributed by atoms with Gasteiger partial charge in [-0.25, -0.2) is 13.8 Å². The van der Waals surface area contributed by atoms with Gasteiger partial charge in [0.2, 0.25) is 0 Å². The van der Waals surface area contributed by atoms with Crippen LogP contribution in [0.1, 0.15) is 5.56 Å². The van der Waals surface area contributed by atoms with Crippen molar-refractivity contribution in [1.29, 1.82) is 0 Å². The van der Waals surface area contributed by atoms with Crippen molar-refractivity contribution in [3.8, 4) is 5.82 Å². The second-order valence-corrected chi connectivity index (χ2v) is 8.03. The molecule has 7 nitrogen and oxygen atoms in total. The van der Waals surface area contributed by atoms with Crippen molar-refractivity contribution in [2.75, 3.05) is 18.4 Å². The van der Waals surface area contributed by atoms with Gasteiger partial charge in [0, 0.05) is 30.4 Å². The molecular formula is C20H14Cl2F2N6O. The van der Waals surface area contributed by atoms with Crippen LogP contribution in [0.4, 0.5) is 14.5 Å². The molecule has 0 unspecified atom stereocenters. The lowest BCUT2D eigenvalue weighted by Crippen LogP contribution is -2.62. The summed E-state index contributed by atoms with van der Waals surface area (Å²) in [5, 5.41) is 13.1. The number of anilines is 1. The number of hydrogen-bond acceptors (Lipinski definition) is 5. The number of nitrogens with zero attached hydrogens (tertiary/aromatic N) is 3. The van der Waals surface area contributed by atoms with Crippen LogP contribution in [0.25, 0.3) is 16.7 Å². The van der Waals surface area contributed by atoms with E-state index in [2.05, 4.69) is 25.8 Å². The molecule has 31 heavy (non-hydrogen) atoms. The number of aromatic amines is 1. The molecule has 0 amide bonds. The zero-order chi connectivity index (χ0) is 21.8. The second kappa shape index (κ2) is 7.30. The summed E-state index contributed by atoms with van der Waals surface area (Å²) in [6, 6.07) is 6.90. The van der Waals surface area contributed by atoms with Crippen molar-refractivity contribution in [3.05, 3.63) is 80.5 Å². The molecule has 1 saturated heterocycles. The third-order valence-corrected chi connectivity index (χ3v) is 6.12. The Balaban J connectivity index is 1.63.